The summed E-state index contributed by atoms with van der Waals surface area (Å²) in [5.41, 5.74) is -7.68. The third-order valence-electron chi connectivity index (χ3n) is 3.48. The molecule has 0 saturated carbocycles. The Morgan fingerprint density at radius 1 is 0.933 bits per heavy atom. The first-order chi connectivity index (χ1) is 13.5. The first kappa shape index (κ1) is 24.2. The van der Waals surface area contributed by atoms with Gasteiger partial charge in [-0.05, 0) is 28.1 Å². The highest BCUT2D eigenvalue weighted by Crippen LogP contribution is 2.43. The van der Waals surface area contributed by atoms with Crippen molar-refractivity contribution < 1.29 is 39.5 Å². The molecule has 0 fully saturated rings. The monoisotopic (exact) mass is 573 g/mol. The maximum absolute atomic E-state index is 13.3. The van der Waals surface area contributed by atoms with E-state index < -0.39 is 61.5 Å². The van der Waals surface area contributed by atoms with Gasteiger partial charge in [0.2, 0.25) is 5.95 Å². The van der Waals surface area contributed by atoms with Gasteiger partial charge in [-0.2, -0.15) is 39.5 Å². The summed E-state index contributed by atoms with van der Waals surface area (Å²) in [4.78, 5) is 15.2. The van der Waals surface area contributed by atoms with Gasteiger partial charge < -0.3 is 5.32 Å². The van der Waals surface area contributed by atoms with E-state index in [1.54, 1.807) is 5.32 Å². The zero-order valence-corrected chi connectivity index (χ0v) is 17.1. The largest absolute Gasteiger partial charge is 0.434 e. The summed E-state index contributed by atoms with van der Waals surface area (Å²) >= 11 is 4.79. The van der Waals surface area contributed by atoms with Gasteiger partial charge in [-0.1, -0.05) is 22.5 Å². The van der Waals surface area contributed by atoms with E-state index in [1.807, 2.05) is 0 Å². The Morgan fingerprint density at radius 3 is 1.90 bits per heavy atom. The molecule has 1 heterocycles. The van der Waals surface area contributed by atoms with Crippen molar-refractivity contribution in [2.45, 2.75) is 18.5 Å². The van der Waals surface area contributed by atoms with Gasteiger partial charge in [-0.15, -0.1) is 0 Å². The molecular weight excluding hydrogens is 569 g/mol. The summed E-state index contributed by atoms with van der Waals surface area (Å²) in [6.07, 6.45) is -14.9. The lowest BCUT2D eigenvalue weighted by Gasteiger charge is -2.20. The Balaban J connectivity index is 2.83. The molecule has 0 spiro atoms. The van der Waals surface area contributed by atoms with Crippen LogP contribution in [0.2, 0.25) is 0 Å². The van der Waals surface area contributed by atoms with Crippen LogP contribution in [-0.2, 0) is 18.5 Å². The number of rotatable bonds is 3. The first-order valence-corrected chi connectivity index (χ1v) is 8.83. The van der Waals surface area contributed by atoms with Crippen LogP contribution in [0.3, 0.4) is 0 Å². The molecule has 4 nitrogen and oxygen atoms in total. The molecule has 0 bridgehead atoms. The Morgan fingerprint density at radius 2 is 1.47 bits per heavy atom. The van der Waals surface area contributed by atoms with Gasteiger partial charge in [-0.3, -0.25) is 9.36 Å². The quantitative estimate of drug-likeness (QED) is 0.417. The van der Waals surface area contributed by atoms with Crippen LogP contribution < -0.4 is 10.9 Å². The van der Waals surface area contributed by atoms with Gasteiger partial charge in [0.25, 0.3) is 5.56 Å². The Hall–Kier alpha value is -2.03. The zero-order valence-electron chi connectivity index (χ0n) is 13.9. The molecule has 0 amide bonds. The molecule has 1 aromatic carbocycles. The summed E-state index contributed by atoms with van der Waals surface area (Å²) in [5.74, 6) is -1.13. The number of nitrogens with zero attached hydrogens (tertiary/aromatic N) is 2. The lowest BCUT2D eigenvalue weighted by molar-refractivity contribution is -0.142. The maximum Gasteiger partial charge on any atom is 0.434 e. The topological polar surface area (TPSA) is 46.9 Å². The molecule has 0 aliphatic rings. The number of hydrogen-bond donors (Lipinski definition) is 1. The Kier molecular flexibility index (Phi) is 6.39. The molecule has 2 rings (SSSR count). The van der Waals surface area contributed by atoms with Crippen LogP contribution in [0.4, 0.5) is 51.1 Å². The molecule has 0 aliphatic heterocycles. The van der Waals surface area contributed by atoms with E-state index in [1.165, 1.54) is 0 Å². The number of anilines is 2. The third-order valence-corrected chi connectivity index (χ3v) is 4.85. The summed E-state index contributed by atoms with van der Waals surface area (Å²) in [7, 11) is 0. The number of nitrogens with one attached hydrogen (secondary N) is 1. The minimum atomic E-state index is -5.20. The van der Waals surface area contributed by atoms with E-state index in [0.29, 0.717) is 10.8 Å². The zero-order chi connectivity index (χ0) is 23.2. The fourth-order valence-electron chi connectivity index (χ4n) is 2.21. The molecule has 0 aliphatic carbocycles. The van der Waals surface area contributed by atoms with Crippen molar-refractivity contribution in [3.8, 4) is 0 Å². The minimum absolute atomic E-state index is 0.0296. The number of alkyl halides is 9. The van der Waals surface area contributed by atoms with Gasteiger partial charge >= 0.3 is 18.5 Å². The smallest absolute Gasteiger partial charge is 0.325 e. The first-order valence-electron chi connectivity index (χ1n) is 7.25. The van der Waals surface area contributed by atoms with Crippen molar-refractivity contribution in [1.29, 1.82) is 0 Å². The van der Waals surface area contributed by atoms with Gasteiger partial charge in [-0.25, -0.2) is 4.98 Å². The highest BCUT2D eigenvalue weighted by molar-refractivity contribution is 9.10. The maximum atomic E-state index is 13.3. The summed E-state index contributed by atoms with van der Waals surface area (Å²) < 4.78 is 117. The summed E-state index contributed by atoms with van der Waals surface area (Å²) in [6.45, 7) is 3.14. The lowest BCUT2D eigenvalue weighted by Crippen LogP contribution is -2.26. The minimum Gasteiger partial charge on any atom is -0.325 e. The average Bonchev–Trinajstić information content (AvgIpc) is 2.56. The van der Waals surface area contributed by atoms with Crippen molar-refractivity contribution in [3.63, 3.8) is 0 Å². The molecule has 0 atom stereocenters. The van der Waals surface area contributed by atoms with Crippen LogP contribution >= 0.6 is 31.9 Å². The third kappa shape index (κ3) is 4.82. The van der Waals surface area contributed by atoms with Crippen molar-refractivity contribution in [2.24, 2.45) is 0 Å². The molecule has 15 heteroatoms. The van der Waals surface area contributed by atoms with Gasteiger partial charge in [0.15, 0.2) is 5.69 Å². The van der Waals surface area contributed by atoms with E-state index in [9.17, 15) is 44.3 Å². The van der Waals surface area contributed by atoms with Crippen LogP contribution in [0, 0.1) is 0 Å². The fraction of sp³-hybridized carbons (Fsp3) is 0.200. The molecule has 1 aromatic heterocycles. The van der Waals surface area contributed by atoms with E-state index in [-0.39, 0.29) is 12.1 Å². The summed E-state index contributed by atoms with van der Waals surface area (Å²) in [6, 6.07) is 0.132. The molecule has 164 valence electrons. The normalized spacial score (nSPS) is 12.8. The molecule has 0 unspecified atom stereocenters. The predicted octanol–water partition coefficient (Wildman–Crippen LogP) is 6.67. The molecular formula is C15H6Br2F9N3O. The van der Waals surface area contributed by atoms with Gasteiger partial charge in [0.1, 0.15) is 4.47 Å². The summed E-state index contributed by atoms with van der Waals surface area (Å²) in [5, 5.41) is 1.74. The van der Waals surface area contributed by atoms with Gasteiger partial charge in [0, 0.05) is 10.7 Å². The second-order valence-electron chi connectivity index (χ2n) is 5.45. The van der Waals surface area contributed by atoms with Crippen molar-refractivity contribution in [1.82, 2.24) is 9.55 Å². The molecule has 0 saturated heterocycles. The van der Waals surface area contributed by atoms with Crippen molar-refractivity contribution >= 4 is 49.7 Å². The average molecular weight is 575 g/mol. The Bertz CT molecular complexity index is 1060. The standard InChI is InChI=1S/C15H6Br2F9N3O/c1-2-29-11(30)9(17)10(15(24,25)26)28-12(29)27-8-4-5(13(18,19)20)7(16)3-6(8)14(21,22)23/h2-4H,1H2,(H,27,28). The van der Waals surface area contributed by atoms with Gasteiger partial charge in [0.05, 0.1) is 16.8 Å². The SMILES string of the molecule is C=Cn1c(Nc2cc(C(F)(F)F)c(Br)cc2C(F)(F)F)nc(C(F)(F)F)c(Br)c1=O. The number of aromatic nitrogens is 2. The van der Waals surface area contributed by atoms with Crippen LogP contribution in [0.25, 0.3) is 6.20 Å². The van der Waals surface area contributed by atoms with E-state index in [4.69, 9.17) is 0 Å². The van der Waals surface area contributed by atoms with E-state index in [2.05, 4.69) is 43.4 Å². The highest BCUT2D eigenvalue weighted by atomic mass is 79.9. The van der Waals surface area contributed by atoms with Crippen LogP contribution in [0.5, 0.6) is 0 Å². The van der Waals surface area contributed by atoms with Crippen molar-refractivity contribution in [2.75, 3.05) is 5.32 Å². The predicted molar refractivity (Wildman–Crippen MR) is 95.0 cm³/mol. The van der Waals surface area contributed by atoms with Crippen LogP contribution in [0.1, 0.15) is 16.8 Å². The molecule has 2 aromatic rings. The fourth-order valence-corrected chi connectivity index (χ4v) is 3.28. The number of hydrogen-bond acceptors (Lipinski definition) is 3. The number of benzene rings is 1. The molecule has 1 N–H and O–H groups in total. The van der Waals surface area contributed by atoms with Crippen LogP contribution in [0.15, 0.2) is 32.5 Å². The Labute approximate surface area is 177 Å². The van der Waals surface area contributed by atoms with Crippen molar-refractivity contribution in [3.05, 3.63) is 54.8 Å². The number of halogens is 11. The van der Waals surface area contributed by atoms with E-state index in [0.717, 1.165) is 0 Å². The van der Waals surface area contributed by atoms with E-state index >= 15 is 0 Å². The second-order valence-corrected chi connectivity index (χ2v) is 7.10. The second kappa shape index (κ2) is 7.90. The molecule has 0 radical (unpaired) electrons. The van der Waals surface area contributed by atoms with Crippen LogP contribution in [-0.4, -0.2) is 9.55 Å². The lowest BCUT2D eigenvalue weighted by atomic mass is 10.1. The molecule has 30 heavy (non-hydrogen) atoms. The highest BCUT2D eigenvalue weighted by Gasteiger charge is 2.40.